The number of piperidine rings is 1. The van der Waals surface area contributed by atoms with Crippen LogP contribution in [0.3, 0.4) is 0 Å². The zero-order chi connectivity index (χ0) is 25.4. The average molecular weight is 523 g/mol. The minimum atomic E-state index is -1.23. The first-order valence-corrected chi connectivity index (χ1v) is 12.3. The van der Waals surface area contributed by atoms with Crippen molar-refractivity contribution >= 4 is 46.8 Å². The van der Waals surface area contributed by atoms with Crippen molar-refractivity contribution < 1.29 is 19.4 Å². The minimum absolute atomic E-state index is 0.0597. The van der Waals surface area contributed by atoms with E-state index in [9.17, 15) is 14.7 Å². The molecule has 3 aromatic rings. The summed E-state index contributed by atoms with van der Waals surface area (Å²) < 4.78 is 5.87. The number of ether oxygens (including phenoxy) is 1. The van der Waals surface area contributed by atoms with Crippen LogP contribution in [0.5, 0.6) is 5.75 Å². The molecule has 2 amide bonds. The van der Waals surface area contributed by atoms with Gasteiger partial charge in [0.25, 0.3) is 0 Å². The Balaban J connectivity index is 1.81. The number of amides is 2. The van der Waals surface area contributed by atoms with Gasteiger partial charge in [0.1, 0.15) is 17.8 Å². The van der Waals surface area contributed by atoms with Crippen LogP contribution in [0, 0.1) is 0 Å². The van der Waals surface area contributed by atoms with E-state index in [-0.39, 0.29) is 31.4 Å². The van der Waals surface area contributed by atoms with Gasteiger partial charge in [0.2, 0.25) is 11.8 Å². The molecule has 2 aliphatic heterocycles. The van der Waals surface area contributed by atoms with Crippen molar-refractivity contribution in [3.05, 3.63) is 99.5 Å². The van der Waals surface area contributed by atoms with E-state index in [0.29, 0.717) is 27.0 Å². The van der Waals surface area contributed by atoms with Gasteiger partial charge in [-0.25, -0.2) is 0 Å². The molecule has 0 aromatic heterocycles. The summed E-state index contributed by atoms with van der Waals surface area (Å²) in [6.07, 6.45) is 1.77. The fraction of sp³-hybridized carbons (Fsp3) is 0.214. The van der Waals surface area contributed by atoms with Gasteiger partial charge in [-0.15, -0.1) is 0 Å². The van der Waals surface area contributed by atoms with E-state index in [4.69, 9.17) is 27.9 Å². The fourth-order valence-corrected chi connectivity index (χ4v) is 5.85. The number of benzene rings is 3. The molecule has 0 saturated carbocycles. The highest BCUT2D eigenvalue weighted by Crippen LogP contribution is 2.58. The lowest BCUT2D eigenvalue weighted by Crippen LogP contribution is -2.56. The van der Waals surface area contributed by atoms with Gasteiger partial charge in [-0.2, -0.15) is 0 Å². The molecule has 0 radical (unpaired) electrons. The lowest BCUT2D eigenvalue weighted by molar-refractivity contribution is -0.131. The van der Waals surface area contributed by atoms with Crippen LogP contribution in [-0.2, 0) is 15.0 Å². The van der Waals surface area contributed by atoms with Gasteiger partial charge >= 0.3 is 0 Å². The second-order valence-electron chi connectivity index (χ2n) is 8.90. The SMILES string of the molecule is C=Cc1ccc(OCCO)c(C2NC(=O)CC(c3cccc(Cl)c3)C23C(=O)Nc2cc(Cl)ccc23)c1. The predicted octanol–water partition coefficient (Wildman–Crippen LogP) is 5.24. The smallest absolute Gasteiger partial charge is 0.238 e. The number of hydrogen-bond acceptors (Lipinski definition) is 4. The maximum absolute atomic E-state index is 14.1. The van der Waals surface area contributed by atoms with E-state index in [1.54, 1.807) is 36.4 Å². The molecule has 0 bridgehead atoms. The second-order valence-corrected chi connectivity index (χ2v) is 9.77. The largest absolute Gasteiger partial charge is 0.491 e. The molecule has 3 unspecified atom stereocenters. The molecule has 3 atom stereocenters. The van der Waals surface area contributed by atoms with E-state index < -0.39 is 17.4 Å². The van der Waals surface area contributed by atoms with Crippen LogP contribution in [0.15, 0.2) is 67.2 Å². The Labute approximate surface area is 218 Å². The summed E-state index contributed by atoms with van der Waals surface area (Å²) in [6, 6.07) is 17.2. The molecule has 6 nitrogen and oxygen atoms in total. The Morgan fingerprint density at radius 2 is 1.89 bits per heavy atom. The van der Waals surface area contributed by atoms with E-state index in [2.05, 4.69) is 17.2 Å². The van der Waals surface area contributed by atoms with E-state index in [1.165, 1.54) is 0 Å². The monoisotopic (exact) mass is 522 g/mol. The Bertz CT molecular complexity index is 1380. The quantitative estimate of drug-likeness (QED) is 0.413. The van der Waals surface area contributed by atoms with Crippen LogP contribution in [-0.4, -0.2) is 30.1 Å². The number of halogens is 2. The van der Waals surface area contributed by atoms with Crippen molar-refractivity contribution in [2.75, 3.05) is 18.5 Å². The van der Waals surface area contributed by atoms with Gasteiger partial charge < -0.3 is 20.5 Å². The third-order valence-corrected chi connectivity index (χ3v) is 7.40. The van der Waals surface area contributed by atoms with Crippen LogP contribution >= 0.6 is 23.2 Å². The Morgan fingerprint density at radius 3 is 2.64 bits per heavy atom. The first-order valence-electron chi connectivity index (χ1n) is 11.5. The van der Waals surface area contributed by atoms with E-state index in [0.717, 1.165) is 16.7 Å². The van der Waals surface area contributed by atoms with Crippen molar-refractivity contribution in [3.63, 3.8) is 0 Å². The number of carbonyl (C=O) groups is 2. The van der Waals surface area contributed by atoms with Gasteiger partial charge in [0, 0.05) is 33.6 Å². The van der Waals surface area contributed by atoms with Gasteiger partial charge in [-0.3, -0.25) is 9.59 Å². The molecule has 8 heteroatoms. The Morgan fingerprint density at radius 1 is 1.08 bits per heavy atom. The van der Waals surface area contributed by atoms with Crippen molar-refractivity contribution in [3.8, 4) is 5.75 Å². The molecule has 2 aliphatic rings. The number of hydrogen-bond donors (Lipinski definition) is 3. The van der Waals surface area contributed by atoms with Crippen LogP contribution < -0.4 is 15.4 Å². The fourth-order valence-electron chi connectivity index (χ4n) is 5.48. The normalized spacial score (nSPS) is 22.6. The van der Waals surface area contributed by atoms with Crippen LogP contribution in [0.4, 0.5) is 5.69 Å². The number of anilines is 1. The molecule has 1 fully saturated rings. The molecule has 1 saturated heterocycles. The van der Waals surface area contributed by atoms with Crippen molar-refractivity contribution in [1.82, 2.24) is 5.32 Å². The van der Waals surface area contributed by atoms with Gasteiger partial charge in [-0.1, -0.05) is 60.1 Å². The number of fused-ring (bicyclic) bond motifs is 2. The molecule has 2 heterocycles. The number of rotatable bonds is 6. The third kappa shape index (κ3) is 3.95. The number of aliphatic hydroxyl groups excluding tert-OH is 1. The summed E-state index contributed by atoms with van der Waals surface area (Å²) in [6.45, 7) is 3.75. The molecule has 36 heavy (non-hydrogen) atoms. The van der Waals surface area contributed by atoms with Crippen molar-refractivity contribution in [1.29, 1.82) is 0 Å². The second kappa shape index (κ2) is 9.62. The van der Waals surface area contributed by atoms with Crippen LogP contribution in [0.1, 0.15) is 40.6 Å². The molecule has 1 spiro atoms. The molecule has 0 aliphatic carbocycles. The van der Waals surface area contributed by atoms with Gasteiger partial charge in [0.15, 0.2) is 0 Å². The highest BCUT2D eigenvalue weighted by Gasteiger charge is 2.61. The first-order chi connectivity index (χ1) is 17.4. The number of nitrogens with one attached hydrogen (secondary N) is 2. The van der Waals surface area contributed by atoms with Crippen LogP contribution in [0.2, 0.25) is 10.0 Å². The van der Waals surface area contributed by atoms with Gasteiger partial charge in [-0.05, 0) is 53.1 Å². The molecular weight excluding hydrogens is 499 g/mol. The number of carbonyl (C=O) groups excluding carboxylic acids is 2. The predicted molar refractivity (Wildman–Crippen MR) is 141 cm³/mol. The highest BCUT2D eigenvalue weighted by atomic mass is 35.5. The topological polar surface area (TPSA) is 87.7 Å². The molecule has 3 aromatic carbocycles. The first kappa shape index (κ1) is 24.4. The third-order valence-electron chi connectivity index (χ3n) is 6.93. The molecular formula is C28H24Cl2N2O4. The summed E-state index contributed by atoms with van der Waals surface area (Å²) in [7, 11) is 0. The van der Waals surface area contributed by atoms with E-state index >= 15 is 0 Å². The maximum atomic E-state index is 14.1. The van der Waals surface area contributed by atoms with Crippen LogP contribution in [0.25, 0.3) is 6.08 Å². The summed E-state index contributed by atoms with van der Waals surface area (Å²) >= 11 is 12.6. The maximum Gasteiger partial charge on any atom is 0.238 e. The summed E-state index contributed by atoms with van der Waals surface area (Å²) in [5.41, 5.74) is 2.28. The zero-order valence-electron chi connectivity index (χ0n) is 19.3. The average Bonchev–Trinajstić information content (AvgIpc) is 3.14. The number of aliphatic hydroxyl groups is 1. The summed E-state index contributed by atoms with van der Waals surface area (Å²) in [4.78, 5) is 27.3. The lowest BCUT2D eigenvalue weighted by Gasteiger charge is -2.46. The van der Waals surface area contributed by atoms with Crippen molar-refractivity contribution in [2.24, 2.45) is 0 Å². The Hall–Kier alpha value is -3.32. The summed E-state index contributed by atoms with van der Waals surface area (Å²) in [5, 5.41) is 16.5. The van der Waals surface area contributed by atoms with Crippen molar-refractivity contribution in [2.45, 2.75) is 23.8 Å². The molecule has 5 rings (SSSR count). The molecule has 184 valence electrons. The summed E-state index contributed by atoms with van der Waals surface area (Å²) in [5.74, 6) is -0.536. The zero-order valence-corrected chi connectivity index (χ0v) is 20.8. The van der Waals surface area contributed by atoms with Gasteiger partial charge in [0.05, 0.1) is 12.6 Å². The Kier molecular flexibility index (Phi) is 6.51. The molecule has 3 N–H and O–H groups in total. The lowest BCUT2D eigenvalue weighted by atomic mass is 9.59. The van der Waals surface area contributed by atoms with E-state index in [1.807, 2.05) is 30.3 Å². The highest BCUT2D eigenvalue weighted by molar-refractivity contribution is 6.31. The minimum Gasteiger partial charge on any atom is -0.491 e. The standard InChI is InChI=1S/C28H24Cl2N2O4/c1-2-16-6-9-24(36-11-10-33)20(12-16)26-28(21-8-7-19(30)14-23(21)31-27(28)35)22(15-25(34)32-26)17-4-3-5-18(29)13-17/h2-9,12-14,22,26,33H,1,10-11,15H2,(H,31,35)(H,32,34).